The molecule has 11 nitrogen and oxygen atoms in total. The van der Waals surface area contributed by atoms with Gasteiger partial charge in [0.25, 0.3) is 0 Å². The molecule has 0 aliphatic carbocycles. The molecule has 198 valence electrons. The number of nitrogens with two attached hydrogens (primary N) is 2. The predicted molar refractivity (Wildman–Crippen MR) is 136 cm³/mol. The van der Waals surface area contributed by atoms with E-state index in [1.807, 2.05) is 30.3 Å². The summed E-state index contributed by atoms with van der Waals surface area (Å²) in [5.41, 5.74) is 12.8. The largest absolute Gasteiger partial charge is 0.480 e. The normalized spacial score (nSPS) is 13.9. The number of hydrogen-bond acceptors (Lipinski definition) is 6. The summed E-state index contributed by atoms with van der Waals surface area (Å²) in [7, 11) is 0. The van der Waals surface area contributed by atoms with Gasteiger partial charge in [0, 0.05) is 12.8 Å². The number of carboxylic acids is 1. The molecule has 11 heteroatoms. The van der Waals surface area contributed by atoms with Crippen LogP contribution in [0.1, 0.15) is 30.9 Å². The van der Waals surface area contributed by atoms with Crippen LogP contribution in [0.25, 0.3) is 0 Å². The van der Waals surface area contributed by atoms with E-state index >= 15 is 0 Å². The number of benzene rings is 2. The number of carbonyl (C=O) groups is 5. The maximum absolute atomic E-state index is 13.2. The molecule has 0 bridgehead atoms. The highest BCUT2D eigenvalue weighted by atomic mass is 16.4. The van der Waals surface area contributed by atoms with E-state index in [2.05, 4.69) is 16.0 Å². The molecule has 4 unspecified atom stereocenters. The summed E-state index contributed by atoms with van der Waals surface area (Å²) in [6.45, 7) is 1.30. The van der Waals surface area contributed by atoms with Crippen molar-refractivity contribution in [2.24, 2.45) is 11.5 Å². The molecule has 0 saturated heterocycles. The summed E-state index contributed by atoms with van der Waals surface area (Å²) in [5.74, 6) is -3.97. The Morgan fingerprint density at radius 3 is 1.76 bits per heavy atom. The Labute approximate surface area is 215 Å². The minimum absolute atomic E-state index is 0.0642. The number of hydrogen-bond donors (Lipinski definition) is 6. The summed E-state index contributed by atoms with van der Waals surface area (Å²) < 4.78 is 0. The maximum Gasteiger partial charge on any atom is 0.325 e. The lowest BCUT2D eigenvalue weighted by atomic mass is 10.0. The highest BCUT2D eigenvalue weighted by molar-refractivity contribution is 5.94. The molecule has 0 radical (unpaired) electrons. The van der Waals surface area contributed by atoms with Crippen molar-refractivity contribution in [3.05, 3.63) is 71.8 Å². The zero-order chi connectivity index (χ0) is 27.4. The molecule has 0 aliphatic heterocycles. The maximum atomic E-state index is 13.2. The molecule has 0 spiro atoms. The summed E-state index contributed by atoms with van der Waals surface area (Å²) in [4.78, 5) is 61.4. The fourth-order valence-corrected chi connectivity index (χ4v) is 3.50. The number of rotatable bonds is 14. The Kier molecular flexibility index (Phi) is 11.2. The first-order valence-corrected chi connectivity index (χ1v) is 11.8. The van der Waals surface area contributed by atoms with Crippen LogP contribution in [0.15, 0.2) is 60.7 Å². The van der Waals surface area contributed by atoms with Crippen LogP contribution < -0.4 is 27.4 Å². The van der Waals surface area contributed by atoms with Gasteiger partial charge in [-0.15, -0.1) is 0 Å². The Morgan fingerprint density at radius 2 is 1.24 bits per heavy atom. The van der Waals surface area contributed by atoms with Gasteiger partial charge in [-0.3, -0.25) is 24.0 Å². The van der Waals surface area contributed by atoms with Crippen LogP contribution in [0.3, 0.4) is 0 Å². The molecule has 8 N–H and O–H groups in total. The zero-order valence-electron chi connectivity index (χ0n) is 20.6. The van der Waals surface area contributed by atoms with Crippen molar-refractivity contribution in [1.82, 2.24) is 16.0 Å². The van der Waals surface area contributed by atoms with E-state index in [0.717, 1.165) is 5.56 Å². The van der Waals surface area contributed by atoms with Crippen LogP contribution in [0, 0.1) is 0 Å². The monoisotopic (exact) mass is 511 g/mol. The van der Waals surface area contributed by atoms with Gasteiger partial charge in [-0.2, -0.15) is 0 Å². The Bertz CT molecular complexity index is 1080. The molecule has 4 amide bonds. The van der Waals surface area contributed by atoms with E-state index in [9.17, 15) is 24.0 Å². The molecule has 2 aromatic rings. The number of carbonyl (C=O) groups excluding carboxylic acids is 4. The molecule has 37 heavy (non-hydrogen) atoms. The SMILES string of the molecule is CC(NC(=O)C(Cc1ccccc1)NC(=O)C(CCC(N)=O)NC(=O)C(N)Cc1ccccc1)C(=O)O. The second-order valence-electron chi connectivity index (χ2n) is 8.68. The first kappa shape index (κ1) is 29.0. The van der Waals surface area contributed by atoms with Crippen LogP contribution in [0.2, 0.25) is 0 Å². The highest BCUT2D eigenvalue weighted by Gasteiger charge is 2.29. The van der Waals surface area contributed by atoms with E-state index in [0.29, 0.717) is 5.56 Å². The Hall–Kier alpha value is -4.25. The minimum Gasteiger partial charge on any atom is -0.480 e. The molecule has 2 rings (SSSR count). The van der Waals surface area contributed by atoms with Gasteiger partial charge in [0.2, 0.25) is 23.6 Å². The number of primary amides is 1. The molecule has 0 saturated carbocycles. The fourth-order valence-electron chi connectivity index (χ4n) is 3.50. The van der Waals surface area contributed by atoms with E-state index in [-0.39, 0.29) is 25.7 Å². The number of aliphatic carboxylic acids is 1. The summed E-state index contributed by atoms with van der Waals surface area (Å²) in [5, 5.41) is 16.6. The van der Waals surface area contributed by atoms with E-state index in [4.69, 9.17) is 16.6 Å². The van der Waals surface area contributed by atoms with Crippen molar-refractivity contribution in [2.45, 2.75) is 56.8 Å². The lowest BCUT2D eigenvalue weighted by molar-refractivity contribution is -0.141. The quantitative estimate of drug-likeness (QED) is 0.199. The summed E-state index contributed by atoms with van der Waals surface area (Å²) >= 11 is 0. The van der Waals surface area contributed by atoms with Crippen molar-refractivity contribution in [3.8, 4) is 0 Å². The smallest absolute Gasteiger partial charge is 0.325 e. The third kappa shape index (κ3) is 10.1. The van der Waals surface area contributed by atoms with E-state index < -0.39 is 53.8 Å². The van der Waals surface area contributed by atoms with Gasteiger partial charge < -0.3 is 32.5 Å². The van der Waals surface area contributed by atoms with Crippen LogP contribution >= 0.6 is 0 Å². The van der Waals surface area contributed by atoms with Crippen molar-refractivity contribution in [2.75, 3.05) is 0 Å². The molecular formula is C26H33N5O6. The van der Waals surface area contributed by atoms with E-state index in [1.165, 1.54) is 6.92 Å². The van der Waals surface area contributed by atoms with Crippen LogP contribution in [0.4, 0.5) is 0 Å². The second-order valence-corrected chi connectivity index (χ2v) is 8.68. The average Bonchev–Trinajstić information content (AvgIpc) is 2.86. The van der Waals surface area contributed by atoms with Gasteiger partial charge in [-0.25, -0.2) is 0 Å². The standard InChI is InChI=1S/C26H33N5O6/c1-16(26(36)37)29-25(35)21(15-18-10-6-3-7-11-18)31-24(34)20(12-13-22(28)32)30-23(33)19(27)14-17-8-4-2-5-9-17/h2-11,16,19-21H,12-15,27H2,1H3,(H2,28,32)(H,29,35)(H,30,33)(H,31,34)(H,36,37). The van der Waals surface area contributed by atoms with Crippen molar-refractivity contribution in [1.29, 1.82) is 0 Å². The van der Waals surface area contributed by atoms with Gasteiger partial charge >= 0.3 is 5.97 Å². The first-order chi connectivity index (χ1) is 17.6. The van der Waals surface area contributed by atoms with Crippen LogP contribution in [-0.2, 0) is 36.8 Å². The van der Waals surface area contributed by atoms with E-state index in [1.54, 1.807) is 30.3 Å². The highest BCUT2D eigenvalue weighted by Crippen LogP contribution is 2.07. The molecule has 4 atom stereocenters. The number of nitrogens with one attached hydrogen (secondary N) is 3. The van der Waals surface area contributed by atoms with Gasteiger partial charge in [-0.1, -0.05) is 60.7 Å². The van der Waals surface area contributed by atoms with Gasteiger partial charge in [0.05, 0.1) is 6.04 Å². The summed E-state index contributed by atoms with van der Waals surface area (Å²) in [6, 6.07) is 13.4. The second kappa shape index (κ2) is 14.3. The molecule has 0 aliphatic rings. The van der Waals surface area contributed by atoms with Crippen molar-refractivity contribution >= 4 is 29.6 Å². The minimum atomic E-state index is -1.24. The average molecular weight is 512 g/mol. The fraction of sp³-hybridized carbons (Fsp3) is 0.346. The van der Waals surface area contributed by atoms with Gasteiger partial charge in [0.1, 0.15) is 18.1 Å². The molecule has 0 heterocycles. The zero-order valence-corrected chi connectivity index (χ0v) is 20.6. The Morgan fingerprint density at radius 1 is 0.757 bits per heavy atom. The third-order valence-corrected chi connectivity index (χ3v) is 5.59. The van der Waals surface area contributed by atoms with Crippen LogP contribution in [-0.4, -0.2) is 58.9 Å². The molecule has 2 aromatic carbocycles. The topological polar surface area (TPSA) is 194 Å². The number of amides is 4. The van der Waals surface area contributed by atoms with Crippen LogP contribution in [0.5, 0.6) is 0 Å². The molecular weight excluding hydrogens is 478 g/mol. The molecule has 0 fully saturated rings. The summed E-state index contributed by atoms with van der Waals surface area (Å²) in [6.07, 6.45) is -0.0221. The lowest BCUT2D eigenvalue weighted by Crippen LogP contribution is -2.57. The van der Waals surface area contributed by atoms with Gasteiger partial charge in [-0.05, 0) is 30.9 Å². The molecule has 0 aromatic heterocycles. The van der Waals surface area contributed by atoms with Crippen molar-refractivity contribution < 1.29 is 29.1 Å². The third-order valence-electron chi connectivity index (χ3n) is 5.59. The van der Waals surface area contributed by atoms with Gasteiger partial charge in [0.15, 0.2) is 0 Å². The number of carboxylic acid groups (broad SMARTS) is 1. The predicted octanol–water partition coefficient (Wildman–Crippen LogP) is -0.376. The first-order valence-electron chi connectivity index (χ1n) is 11.8. The lowest BCUT2D eigenvalue weighted by Gasteiger charge is -2.25. The van der Waals surface area contributed by atoms with Crippen molar-refractivity contribution in [3.63, 3.8) is 0 Å². The Balaban J connectivity index is 2.17.